The SMILES string of the molecule is CC(C)(O)CCNC(=O)C1=Cc2c(ncnc2Nc2ccc(Oc3cccc(C(F)(F)F)c3)c(Cl)c2)NCC1. The molecule has 4 rings (SSSR count). The number of ether oxygens (including phenoxy) is 1. The standard InChI is InChI=1S/C27H27ClF3N5O3/c1-26(2,38)9-11-33-25(37)16-8-10-32-23-20(12-16)24(35-15-34-23)36-18-6-7-22(21(28)14-18)39-19-5-3-4-17(13-19)27(29,30)31/h3-7,12-15,38H,8-11H2,1-2H3,(H,33,37)(H2,32,34,35,36). The van der Waals surface area contributed by atoms with Crippen molar-refractivity contribution in [1.29, 1.82) is 0 Å². The third kappa shape index (κ3) is 7.61. The van der Waals surface area contributed by atoms with E-state index in [1.165, 1.54) is 24.5 Å². The lowest BCUT2D eigenvalue weighted by Crippen LogP contribution is -2.31. The summed E-state index contributed by atoms with van der Waals surface area (Å²) in [5, 5.41) is 19.2. The molecule has 1 aliphatic rings. The fraction of sp³-hybridized carbons (Fsp3) is 0.296. The number of aliphatic hydroxyl groups is 1. The van der Waals surface area contributed by atoms with Crippen LogP contribution in [0, 0.1) is 0 Å². The van der Waals surface area contributed by atoms with Gasteiger partial charge in [-0.05, 0) is 69.2 Å². The highest BCUT2D eigenvalue weighted by Crippen LogP contribution is 2.36. The monoisotopic (exact) mass is 561 g/mol. The maximum Gasteiger partial charge on any atom is 0.416 e. The molecule has 1 aliphatic heterocycles. The highest BCUT2D eigenvalue weighted by atomic mass is 35.5. The van der Waals surface area contributed by atoms with Crippen molar-refractivity contribution in [3.05, 3.63) is 70.5 Å². The van der Waals surface area contributed by atoms with E-state index in [1.807, 2.05) is 0 Å². The molecule has 0 radical (unpaired) electrons. The third-order valence-electron chi connectivity index (χ3n) is 5.79. The number of nitrogens with one attached hydrogen (secondary N) is 3. The Balaban J connectivity index is 1.52. The summed E-state index contributed by atoms with van der Waals surface area (Å²) in [7, 11) is 0. The van der Waals surface area contributed by atoms with Crippen LogP contribution in [-0.4, -0.2) is 39.7 Å². The van der Waals surface area contributed by atoms with Gasteiger partial charge in [0.15, 0.2) is 0 Å². The number of rotatable bonds is 8. The van der Waals surface area contributed by atoms with Crippen molar-refractivity contribution in [2.24, 2.45) is 0 Å². The number of carbonyl (C=O) groups is 1. The second-order valence-corrected chi connectivity index (χ2v) is 9.95. The maximum atomic E-state index is 13.0. The lowest BCUT2D eigenvalue weighted by atomic mass is 10.1. The summed E-state index contributed by atoms with van der Waals surface area (Å²) >= 11 is 6.37. The number of halogens is 4. The van der Waals surface area contributed by atoms with Crippen molar-refractivity contribution in [2.45, 2.75) is 38.5 Å². The van der Waals surface area contributed by atoms with Gasteiger partial charge in [-0.3, -0.25) is 4.79 Å². The summed E-state index contributed by atoms with van der Waals surface area (Å²) in [6.07, 6.45) is -0.539. The maximum absolute atomic E-state index is 13.0. The normalized spacial score (nSPS) is 13.5. The first-order valence-corrected chi connectivity index (χ1v) is 12.5. The first-order chi connectivity index (χ1) is 18.4. The Bertz CT molecular complexity index is 1390. The number of benzene rings is 2. The Morgan fingerprint density at radius 3 is 2.69 bits per heavy atom. The van der Waals surface area contributed by atoms with Crippen molar-refractivity contribution < 1.29 is 27.8 Å². The van der Waals surface area contributed by atoms with E-state index in [1.54, 1.807) is 32.1 Å². The number of anilines is 3. The molecule has 0 spiro atoms. The van der Waals surface area contributed by atoms with E-state index in [0.29, 0.717) is 54.4 Å². The van der Waals surface area contributed by atoms with Crippen LogP contribution in [0.5, 0.6) is 11.5 Å². The highest BCUT2D eigenvalue weighted by molar-refractivity contribution is 6.32. The minimum atomic E-state index is -4.49. The van der Waals surface area contributed by atoms with Gasteiger partial charge >= 0.3 is 6.18 Å². The minimum absolute atomic E-state index is 0.00174. The van der Waals surface area contributed by atoms with Gasteiger partial charge in [0.2, 0.25) is 5.91 Å². The Morgan fingerprint density at radius 2 is 1.97 bits per heavy atom. The summed E-state index contributed by atoms with van der Waals surface area (Å²) < 4.78 is 44.6. The van der Waals surface area contributed by atoms with Crippen LogP contribution >= 0.6 is 11.6 Å². The largest absolute Gasteiger partial charge is 0.456 e. The molecular formula is C27H27ClF3N5O3. The van der Waals surface area contributed by atoms with E-state index in [4.69, 9.17) is 16.3 Å². The number of nitrogens with zero attached hydrogens (tertiary/aromatic N) is 2. The van der Waals surface area contributed by atoms with Crippen LogP contribution in [0.4, 0.5) is 30.5 Å². The van der Waals surface area contributed by atoms with Gasteiger partial charge in [0.05, 0.1) is 21.8 Å². The molecule has 12 heteroatoms. The predicted octanol–water partition coefficient (Wildman–Crippen LogP) is 6.16. The van der Waals surface area contributed by atoms with Gasteiger partial charge in [-0.2, -0.15) is 13.2 Å². The summed E-state index contributed by atoms with van der Waals surface area (Å²) in [6.45, 7) is 4.16. The van der Waals surface area contributed by atoms with Crippen LogP contribution in [0.15, 0.2) is 54.4 Å². The number of aromatic nitrogens is 2. The average molecular weight is 562 g/mol. The smallest absolute Gasteiger partial charge is 0.416 e. The van der Waals surface area contributed by atoms with Crippen LogP contribution in [0.1, 0.15) is 37.8 Å². The molecule has 3 aromatic rings. The van der Waals surface area contributed by atoms with Gasteiger partial charge in [-0.1, -0.05) is 17.7 Å². The molecule has 8 nitrogen and oxygen atoms in total. The van der Waals surface area contributed by atoms with Crippen molar-refractivity contribution >= 4 is 40.9 Å². The predicted molar refractivity (Wildman–Crippen MR) is 143 cm³/mol. The second-order valence-electron chi connectivity index (χ2n) is 9.55. The highest BCUT2D eigenvalue weighted by Gasteiger charge is 2.30. The van der Waals surface area contributed by atoms with E-state index < -0.39 is 17.3 Å². The Kier molecular flexibility index (Phi) is 8.31. The van der Waals surface area contributed by atoms with Gasteiger partial charge < -0.3 is 25.8 Å². The van der Waals surface area contributed by atoms with Crippen LogP contribution in [0.2, 0.25) is 5.02 Å². The van der Waals surface area contributed by atoms with E-state index >= 15 is 0 Å². The zero-order chi connectivity index (χ0) is 28.2. The molecule has 0 atom stereocenters. The summed E-state index contributed by atoms with van der Waals surface area (Å²) in [5.74, 6) is 0.886. The summed E-state index contributed by atoms with van der Waals surface area (Å²) in [6, 6.07) is 9.24. The number of fused-ring (bicyclic) bond motifs is 1. The number of carbonyl (C=O) groups excluding carboxylic acids is 1. The van der Waals surface area contributed by atoms with Crippen LogP contribution < -0.4 is 20.7 Å². The van der Waals surface area contributed by atoms with Crippen LogP contribution in [0.3, 0.4) is 0 Å². The average Bonchev–Trinajstić information content (AvgIpc) is 3.08. The van der Waals surface area contributed by atoms with Gasteiger partial charge in [-0.15, -0.1) is 0 Å². The number of hydrogen-bond acceptors (Lipinski definition) is 7. The van der Waals surface area contributed by atoms with Crippen molar-refractivity contribution in [2.75, 3.05) is 23.7 Å². The van der Waals surface area contributed by atoms with Gasteiger partial charge in [-0.25, -0.2) is 9.97 Å². The fourth-order valence-electron chi connectivity index (χ4n) is 3.77. The molecule has 0 saturated carbocycles. The first kappa shape index (κ1) is 28.2. The number of hydrogen-bond donors (Lipinski definition) is 4. The van der Waals surface area contributed by atoms with Gasteiger partial charge in [0, 0.05) is 24.4 Å². The quantitative estimate of drug-likeness (QED) is 0.261. The molecule has 1 aromatic heterocycles. The van der Waals surface area contributed by atoms with E-state index in [-0.39, 0.29) is 22.4 Å². The molecule has 206 valence electrons. The number of amides is 1. The minimum Gasteiger partial charge on any atom is -0.456 e. The molecule has 2 aromatic carbocycles. The second kappa shape index (κ2) is 11.5. The van der Waals surface area contributed by atoms with E-state index in [9.17, 15) is 23.1 Å². The molecule has 0 fully saturated rings. The van der Waals surface area contributed by atoms with Gasteiger partial charge in [0.1, 0.15) is 29.5 Å². The van der Waals surface area contributed by atoms with Crippen LogP contribution in [-0.2, 0) is 11.0 Å². The third-order valence-corrected chi connectivity index (χ3v) is 6.08. The molecular weight excluding hydrogens is 535 g/mol. The van der Waals surface area contributed by atoms with Gasteiger partial charge in [0.25, 0.3) is 0 Å². The molecule has 1 amide bonds. The van der Waals surface area contributed by atoms with Crippen molar-refractivity contribution in [3.8, 4) is 11.5 Å². The zero-order valence-electron chi connectivity index (χ0n) is 21.2. The lowest BCUT2D eigenvalue weighted by molar-refractivity contribution is -0.137. The first-order valence-electron chi connectivity index (χ1n) is 12.1. The molecule has 0 saturated heterocycles. The Morgan fingerprint density at radius 1 is 1.18 bits per heavy atom. The molecule has 39 heavy (non-hydrogen) atoms. The van der Waals surface area contributed by atoms with E-state index in [2.05, 4.69) is 25.9 Å². The van der Waals surface area contributed by atoms with Crippen LogP contribution in [0.25, 0.3) is 6.08 Å². The molecule has 0 bridgehead atoms. The van der Waals surface area contributed by atoms with E-state index in [0.717, 1.165) is 12.1 Å². The van der Waals surface area contributed by atoms with Crippen molar-refractivity contribution in [1.82, 2.24) is 15.3 Å². The van der Waals surface area contributed by atoms with Crippen molar-refractivity contribution in [3.63, 3.8) is 0 Å². The summed E-state index contributed by atoms with van der Waals surface area (Å²) in [4.78, 5) is 21.4. The summed E-state index contributed by atoms with van der Waals surface area (Å²) in [5.41, 5.74) is -0.0863. The molecule has 0 aliphatic carbocycles. The Labute approximate surface area is 228 Å². The molecule has 2 heterocycles. The zero-order valence-corrected chi connectivity index (χ0v) is 22.0. The Hall–Kier alpha value is -3.83. The molecule has 4 N–H and O–H groups in total. The fourth-order valence-corrected chi connectivity index (χ4v) is 3.99. The lowest BCUT2D eigenvalue weighted by Gasteiger charge is -2.17. The number of alkyl halides is 3. The topological polar surface area (TPSA) is 108 Å². The molecule has 0 unspecified atom stereocenters.